The first kappa shape index (κ1) is 17.0. The molecule has 132 valence electrons. The van der Waals surface area contributed by atoms with Crippen LogP contribution in [0.4, 0.5) is 5.69 Å². The van der Waals surface area contributed by atoms with E-state index >= 15 is 0 Å². The predicted molar refractivity (Wildman–Crippen MR) is 91.0 cm³/mol. The van der Waals surface area contributed by atoms with E-state index in [0.29, 0.717) is 18.2 Å². The van der Waals surface area contributed by atoms with Crippen molar-refractivity contribution in [2.75, 3.05) is 11.9 Å². The lowest BCUT2D eigenvalue weighted by atomic mass is 10.1. The number of carbonyl (C=O) groups excluding carboxylic acids is 2. The molecular weight excluding hydrogens is 324 g/mol. The molecule has 2 heterocycles. The molecule has 7 nitrogen and oxygen atoms in total. The van der Waals surface area contributed by atoms with Crippen LogP contribution < -0.4 is 5.32 Å². The van der Waals surface area contributed by atoms with Crippen molar-refractivity contribution in [3.63, 3.8) is 0 Å². The van der Waals surface area contributed by atoms with Crippen LogP contribution in [0.2, 0.25) is 0 Å². The standard InChI is InChI=1S/C18H20N2O5/c1-17(2)10-23-14(20-17)11-6-5-7-12(8-11)19-9-13-15(21)24-18(3,4)25-16(13)22/h5-9,19H,10H2,1-4H3. The Morgan fingerprint density at radius 3 is 2.40 bits per heavy atom. The molecule has 2 aliphatic rings. The smallest absolute Gasteiger partial charge is 0.350 e. The molecule has 1 N–H and O–H groups in total. The molecule has 0 bridgehead atoms. The fourth-order valence-corrected chi connectivity index (χ4v) is 2.41. The molecule has 1 aromatic rings. The maximum atomic E-state index is 11.9. The highest BCUT2D eigenvalue weighted by Crippen LogP contribution is 2.24. The number of hydrogen-bond acceptors (Lipinski definition) is 7. The maximum absolute atomic E-state index is 11.9. The van der Waals surface area contributed by atoms with Crippen LogP contribution in [0, 0.1) is 0 Å². The van der Waals surface area contributed by atoms with Gasteiger partial charge in [0.2, 0.25) is 5.90 Å². The molecular formula is C18H20N2O5. The van der Waals surface area contributed by atoms with Gasteiger partial charge >= 0.3 is 11.9 Å². The first-order chi connectivity index (χ1) is 11.7. The third-order valence-corrected chi connectivity index (χ3v) is 3.58. The summed E-state index contributed by atoms with van der Waals surface area (Å²) in [6.07, 6.45) is 1.28. The van der Waals surface area contributed by atoms with E-state index in [-0.39, 0.29) is 11.1 Å². The highest BCUT2D eigenvalue weighted by Gasteiger charge is 2.39. The Morgan fingerprint density at radius 2 is 1.80 bits per heavy atom. The molecule has 0 amide bonds. The summed E-state index contributed by atoms with van der Waals surface area (Å²) in [5.74, 6) is -2.14. The molecule has 0 aromatic heterocycles. The monoisotopic (exact) mass is 344 g/mol. The van der Waals surface area contributed by atoms with Crippen molar-refractivity contribution in [3.05, 3.63) is 41.6 Å². The van der Waals surface area contributed by atoms with Gasteiger partial charge in [-0.15, -0.1) is 0 Å². The van der Waals surface area contributed by atoms with Crippen LogP contribution in [0.1, 0.15) is 33.3 Å². The number of carbonyl (C=O) groups is 2. The molecule has 0 aliphatic carbocycles. The number of benzene rings is 1. The van der Waals surface area contributed by atoms with Gasteiger partial charge in [0.1, 0.15) is 6.61 Å². The van der Waals surface area contributed by atoms with Crippen LogP contribution in [0.15, 0.2) is 41.0 Å². The fourth-order valence-electron chi connectivity index (χ4n) is 2.41. The van der Waals surface area contributed by atoms with Gasteiger partial charge in [0, 0.05) is 31.3 Å². The quantitative estimate of drug-likeness (QED) is 0.515. The lowest BCUT2D eigenvalue weighted by Crippen LogP contribution is -2.42. The number of hydrogen-bond donors (Lipinski definition) is 1. The zero-order valence-corrected chi connectivity index (χ0v) is 14.6. The largest absolute Gasteiger partial charge is 0.475 e. The van der Waals surface area contributed by atoms with Gasteiger partial charge in [-0.05, 0) is 32.0 Å². The fraction of sp³-hybridized carbons (Fsp3) is 0.389. The minimum absolute atomic E-state index is 0.194. The first-order valence-electron chi connectivity index (χ1n) is 7.92. The molecule has 3 rings (SSSR count). The van der Waals surface area contributed by atoms with Crippen molar-refractivity contribution >= 4 is 23.5 Å². The van der Waals surface area contributed by atoms with Crippen molar-refractivity contribution in [3.8, 4) is 0 Å². The highest BCUT2D eigenvalue weighted by atomic mass is 16.7. The van der Waals surface area contributed by atoms with Gasteiger partial charge in [-0.1, -0.05) is 6.07 Å². The Balaban J connectivity index is 1.77. The molecule has 0 atom stereocenters. The Kier molecular flexibility index (Phi) is 4.02. The van der Waals surface area contributed by atoms with Crippen LogP contribution in [-0.4, -0.2) is 35.8 Å². The molecule has 0 saturated carbocycles. The average molecular weight is 344 g/mol. The second kappa shape index (κ2) is 5.91. The molecule has 0 spiro atoms. The second-order valence-electron chi connectivity index (χ2n) is 6.98. The first-order valence-corrected chi connectivity index (χ1v) is 7.92. The van der Waals surface area contributed by atoms with Crippen molar-refractivity contribution in [1.29, 1.82) is 0 Å². The van der Waals surface area contributed by atoms with Gasteiger partial charge in [-0.2, -0.15) is 0 Å². The van der Waals surface area contributed by atoms with E-state index in [0.717, 1.165) is 5.56 Å². The number of nitrogens with one attached hydrogen (secondary N) is 1. The number of anilines is 1. The number of cyclic esters (lactones) is 2. The van der Waals surface area contributed by atoms with Crippen LogP contribution in [0.25, 0.3) is 0 Å². The molecule has 7 heteroatoms. The summed E-state index contributed by atoms with van der Waals surface area (Å²) >= 11 is 0. The minimum atomic E-state index is -1.25. The molecule has 2 aliphatic heterocycles. The van der Waals surface area contributed by atoms with Crippen molar-refractivity contribution in [2.24, 2.45) is 4.99 Å². The van der Waals surface area contributed by atoms with E-state index in [9.17, 15) is 9.59 Å². The topological polar surface area (TPSA) is 86.2 Å². The predicted octanol–water partition coefficient (Wildman–Crippen LogP) is 2.37. The van der Waals surface area contributed by atoms with Gasteiger partial charge < -0.3 is 19.5 Å². The Labute approximate surface area is 145 Å². The lowest BCUT2D eigenvalue weighted by Gasteiger charge is -2.29. The van der Waals surface area contributed by atoms with E-state index in [2.05, 4.69) is 10.3 Å². The van der Waals surface area contributed by atoms with E-state index < -0.39 is 17.7 Å². The molecule has 0 unspecified atom stereocenters. The van der Waals surface area contributed by atoms with Crippen LogP contribution >= 0.6 is 0 Å². The molecule has 1 aromatic carbocycles. The molecule has 0 radical (unpaired) electrons. The average Bonchev–Trinajstić information content (AvgIpc) is 2.86. The number of rotatable bonds is 3. The number of ether oxygens (including phenoxy) is 3. The van der Waals surface area contributed by atoms with Crippen LogP contribution in [0.3, 0.4) is 0 Å². The van der Waals surface area contributed by atoms with Gasteiger partial charge in [-0.3, -0.25) is 0 Å². The normalized spacial score (nSPS) is 21.0. The van der Waals surface area contributed by atoms with E-state index in [1.807, 2.05) is 32.0 Å². The number of nitrogens with zero attached hydrogens (tertiary/aromatic N) is 1. The zero-order chi connectivity index (χ0) is 18.2. The summed E-state index contributed by atoms with van der Waals surface area (Å²) < 4.78 is 15.7. The Bertz CT molecular complexity index is 770. The summed E-state index contributed by atoms with van der Waals surface area (Å²) in [5.41, 5.74) is 1.04. The minimum Gasteiger partial charge on any atom is -0.475 e. The van der Waals surface area contributed by atoms with Gasteiger partial charge in [-0.25, -0.2) is 14.6 Å². The van der Waals surface area contributed by atoms with Crippen LogP contribution in [0.5, 0.6) is 0 Å². The highest BCUT2D eigenvalue weighted by molar-refractivity contribution is 6.15. The Morgan fingerprint density at radius 1 is 1.12 bits per heavy atom. The SMILES string of the molecule is CC1(C)COC(c2cccc(NC=C3C(=O)OC(C)(C)OC3=O)c2)=N1. The number of esters is 2. The number of aliphatic imine (C=N–C) groups is 1. The van der Waals surface area contributed by atoms with E-state index in [1.165, 1.54) is 20.0 Å². The molecule has 25 heavy (non-hydrogen) atoms. The van der Waals surface area contributed by atoms with Crippen molar-refractivity contribution in [1.82, 2.24) is 0 Å². The molecule has 1 fully saturated rings. The summed E-state index contributed by atoms with van der Waals surface area (Å²) in [7, 11) is 0. The van der Waals surface area contributed by atoms with Crippen molar-refractivity contribution < 1.29 is 23.8 Å². The summed E-state index contributed by atoms with van der Waals surface area (Å²) in [4.78, 5) is 28.4. The van der Waals surface area contributed by atoms with E-state index in [4.69, 9.17) is 14.2 Å². The lowest BCUT2D eigenvalue weighted by molar-refractivity contribution is -0.222. The van der Waals surface area contributed by atoms with Gasteiger partial charge in [0.05, 0.1) is 5.54 Å². The third kappa shape index (κ3) is 3.81. The van der Waals surface area contributed by atoms with E-state index in [1.54, 1.807) is 6.07 Å². The van der Waals surface area contributed by atoms with Gasteiger partial charge in [0.15, 0.2) is 5.57 Å². The summed E-state index contributed by atoms with van der Waals surface area (Å²) in [5, 5.41) is 2.91. The maximum Gasteiger partial charge on any atom is 0.350 e. The summed E-state index contributed by atoms with van der Waals surface area (Å²) in [6.45, 7) is 7.51. The zero-order valence-electron chi connectivity index (χ0n) is 14.6. The van der Waals surface area contributed by atoms with Crippen LogP contribution in [-0.2, 0) is 23.8 Å². The van der Waals surface area contributed by atoms with Gasteiger partial charge in [0.25, 0.3) is 5.79 Å². The van der Waals surface area contributed by atoms with Crippen molar-refractivity contribution in [2.45, 2.75) is 39.0 Å². The third-order valence-electron chi connectivity index (χ3n) is 3.58. The Hall–Kier alpha value is -2.83. The molecule has 1 saturated heterocycles. The summed E-state index contributed by atoms with van der Waals surface area (Å²) in [6, 6.07) is 7.32. The second-order valence-corrected chi connectivity index (χ2v) is 6.98.